The third-order valence-electron chi connectivity index (χ3n) is 6.84. The van der Waals surface area contributed by atoms with Gasteiger partial charge in [0.2, 0.25) is 5.91 Å². The van der Waals surface area contributed by atoms with Crippen LogP contribution in [0.2, 0.25) is 0 Å². The van der Waals surface area contributed by atoms with Crippen LogP contribution in [0.25, 0.3) is 11.1 Å². The molecule has 214 valence electrons. The van der Waals surface area contributed by atoms with Crippen molar-refractivity contribution in [1.29, 1.82) is 0 Å². The third-order valence-corrected chi connectivity index (χ3v) is 6.84. The van der Waals surface area contributed by atoms with Gasteiger partial charge in [-0.05, 0) is 65.4 Å². The molecule has 1 heterocycles. The Balaban J connectivity index is 1.50. The average Bonchev–Trinajstić information content (AvgIpc) is 3.52. The van der Waals surface area contributed by atoms with Gasteiger partial charge in [0.15, 0.2) is 11.5 Å². The number of furan rings is 1. The summed E-state index contributed by atoms with van der Waals surface area (Å²) in [5.41, 5.74) is 3.69. The summed E-state index contributed by atoms with van der Waals surface area (Å²) in [6.07, 6.45) is 2.20. The predicted molar refractivity (Wildman–Crippen MR) is 160 cm³/mol. The van der Waals surface area contributed by atoms with Crippen molar-refractivity contribution in [3.05, 3.63) is 108 Å². The highest BCUT2D eigenvalue weighted by Gasteiger charge is 2.24. The minimum atomic E-state index is -0.162. The fourth-order valence-corrected chi connectivity index (χ4v) is 4.72. The van der Waals surface area contributed by atoms with Crippen LogP contribution in [0, 0.1) is 5.92 Å². The lowest BCUT2D eigenvalue weighted by atomic mass is 10.0. The molecule has 0 aliphatic heterocycles. The van der Waals surface area contributed by atoms with Gasteiger partial charge in [-0.2, -0.15) is 0 Å². The number of hydrogen-bond acceptors (Lipinski definition) is 5. The van der Waals surface area contributed by atoms with E-state index in [4.69, 9.17) is 13.9 Å². The topological polar surface area (TPSA) is 72.2 Å². The number of ether oxygens (including phenoxy) is 2. The van der Waals surface area contributed by atoms with Gasteiger partial charge in [-0.3, -0.25) is 9.59 Å². The molecule has 7 heteroatoms. The molecule has 0 saturated heterocycles. The highest BCUT2D eigenvalue weighted by atomic mass is 16.5. The molecule has 0 unspecified atom stereocenters. The zero-order valence-corrected chi connectivity index (χ0v) is 24.2. The Morgan fingerprint density at radius 3 is 2.15 bits per heavy atom. The van der Waals surface area contributed by atoms with Crippen molar-refractivity contribution in [3.63, 3.8) is 0 Å². The minimum absolute atomic E-state index is 0.0237. The molecule has 0 spiro atoms. The molecular weight excluding hydrogens is 516 g/mol. The maximum atomic E-state index is 13.7. The highest BCUT2D eigenvalue weighted by Crippen LogP contribution is 2.28. The Kier molecular flexibility index (Phi) is 10.2. The number of benzene rings is 3. The van der Waals surface area contributed by atoms with Gasteiger partial charge in [-0.1, -0.05) is 62.4 Å². The number of carbonyl (C=O) groups is 2. The van der Waals surface area contributed by atoms with E-state index in [1.54, 1.807) is 36.3 Å². The summed E-state index contributed by atoms with van der Waals surface area (Å²) < 4.78 is 16.3. The van der Waals surface area contributed by atoms with Gasteiger partial charge in [-0.15, -0.1) is 0 Å². The molecule has 0 aliphatic carbocycles. The van der Waals surface area contributed by atoms with Gasteiger partial charge in [0.25, 0.3) is 5.91 Å². The number of carbonyl (C=O) groups excluding carboxylic acids is 2. The first-order chi connectivity index (χ1) is 19.9. The van der Waals surface area contributed by atoms with Crippen molar-refractivity contribution in [2.75, 3.05) is 33.9 Å². The van der Waals surface area contributed by atoms with E-state index in [2.05, 4.69) is 0 Å². The molecule has 3 aromatic carbocycles. The van der Waals surface area contributed by atoms with Crippen molar-refractivity contribution in [1.82, 2.24) is 9.80 Å². The van der Waals surface area contributed by atoms with Crippen LogP contribution in [0.1, 0.15) is 35.5 Å². The second kappa shape index (κ2) is 14.2. The molecule has 0 radical (unpaired) electrons. The molecule has 0 saturated carbocycles. The Labute approximate surface area is 242 Å². The van der Waals surface area contributed by atoms with Crippen LogP contribution in [-0.2, 0) is 17.8 Å². The number of amides is 2. The lowest BCUT2D eigenvalue weighted by Crippen LogP contribution is -2.44. The summed E-state index contributed by atoms with van der Waals surface area (Å²) in [4.78, 5) is 30.7. The lowest BCUT2D eigenvalue weighted by molar-refractivity contribution is -0.132. The molecule has 0 fully saturated rings. The van der Waals surface area contributed by atoms with Crippen molar-refractivity contribution in [3.8, 4) is 22.6 Å². The van der Waals surface area contributed by atoms with E-state index >= 15 is 0 Å². The molecular formula is C34H38N2O5. The van der Waals surface area contributed by atoms with Crippen LogP contribution in [0.5, 0.6) is 11.5 Å². The zero-order valence-electron chi connectivity index (χ0n) is 24.2. The van der Waals surface area contributed by atoms with Crippen molar-refractivity contribution in [2.45, 2.75) is 26.8 Å². The number of rotatable bonds is 13. The van der Waals surface area contributed by atoms with Gasteiger partial charge in [0.1, 0.15) is 12.3 Å². The van der Waals surface area contributed by atoms with Crippen molar-refractivity contribution in [2.24, 2.45) is 5.92 Å². The maximum Gasteiger partial charge on any atom is 0.254 e. The van der Waals surface area contributed by atoms with Crippen LogP contribution < -0.4 is 9.47 Å². The second-order valence-electron chi connectivity index (χ2n) is 10.4. The van der Waals surface area contributed by atoms with Crippen molar-refractivity contribution >= 4 is 11.8 Å². The summed E-state index contributed by atoms with van der Waals surface area (Å²) in [5, 5.41) is 0. The van der Waals surface area contributed by atoms with Gasteiger partial charge < -0.3 is 23.7 Å². The van der Waals surface area contributed by atoms with E-state index in [-0.39, 0.29) is 24.3 Å². The molecule has 0 aliphatic rings. The molecule has 4 rings (SSSR count). The quantitative estimate of drug-likeness (QED) is 0.193. The summed E-state index contributed by atoms with van der Waals surface area (Å²) in [7, 11) is 3.20. The molecule has 0 atom stereocenters. The minimum Gasteiger partial charge on any atom is -0.493 e. The standard InChI is InChI=1S/C34H38N2O5/c1-25(2)22-36(34(38)29-15-13-28(14-16-29)27-9-6-5-7-10-27)24-33(37)35(23-30-11-8-20-41-30)19-18-26-12-17-31(39-3)32(21-26)40-4/h5-17,20-21,25H,18-19,22-24H2,1-4H3. The lowest BCUT2D eigenvalue weighted by Gasteiger charge is -2.28. The monoisotopic (exact) mass is 554 g/mol. The van der Waals surface area contributed by atoms with Crippen LogP contribution in [-0.4, -0.2) is 55.5 Å². The first-order valence-electron chi connectivity index (χ1n) is 13.8. The van der Waals surface area contributed by atoms with E-state index in [9.17, 15) is 9.59 Å². The number of methoxy groups -OCH3 is 2. The van der Waals surface area contributed by atoms with E-state index in [0.717, 1.165) is 16.7 Å². The normalized spacial score (nSPS) is 10.9. The summed E-state index contributed by atoms with van der Waals surface area (Å²) >= 11 is 0. The average molecular weight is 555 g/mol. The van der Waals surface area contributed by atoms with Gasteiger partial charge in [0.05, 0.1) is 27.0 Å². The summed E-state index contributed by atoms with van der Waals surface area (Å²) in [6, 6.07) is 27.0. The number of nitrogens with zero attached hydrogens (tertiary/aromatic N) is 2. The molecule has 4 aromatic rings. The summed E-state index contributed by atoms with van der Waals surface area (Å²) in [5.74, 6) is 1.87. The van der Waals surface area contributed by atoms with Crippen LogP contribution in [0.4, 0.5) is 0 Å². The number of hydrogen-bond donors (Lipinski definition) is 0. The molecule has 7 nitrogen and oxygen atoms in total. The van der Waals surface area contributed by atoms with Crippen LogP contribution >= 0.6 is 0 Å². The molecule has 41 heavy (non-hydrogen) atoms. The van der Waals surface area contributed by atoms with Crippen molar-refractivity contribution < 1.29 is 23.5 Å². The van der Waals surface area contributed by atoms with E-state index in [1.807, 2.05) is 92.7 Å². The predicted octanol–water partition coefficient (Wildman–Crippen LogP) is 6.33. The molecule has 1 aromatic heterocycles. The largest absolute Gasteiger partial charge is 0.493 e. The zero-order chi connectivity index (χ0) is 29.2. The Bertz CT molecular complexity index is 1400. The van der Waals surface area contributed by atoms with Crippen LogP contribution in [0.15, 0.2) is 95.6 Å². The fraction of sp³-hybridized carbons (Fsp3) is 0.294. The Morgan fingerprint density at radius 1 is 0.805 bits per heavy atom. The van der Waals surface area contributed by atoms with E-state index < -0.39 is 0 Å². The Morgan fingerprint density at radius 2 is 1.51 bits per heavy atom. The smallest absolute Gasteiger partial charge is 0.254 e. The van der Waals surface area contributed by atoms with Gasteiger partial charge >= 0.3 is 0 Å². The maximum absolute atomic E-state index is 13.7. The highest BCUT2D eigenvalue weighted by molar-refractivity contribution is 5.97. The first kappa shape index (κ1) is 29.5. The first-order valence-corrected chi connectivity index (χ1v) is 13.8. The SMILES string of the molecule is COc1ccc(CCN(Cc2ccco2)C(=O)CN(CC(C)C)C(=O)c2ccc(-c3ccccc3)cc2)cc1OC. The fourth-order valence-electron chi connectivity index (χ4n) is 4.72. The van der Waals surface area contributed by atoms with Gasteiger partial charge in [0, 0.05) is 18.7 Å². The van der Waals surface area contributed by atoms with Gasteiger partial charge in [-0.25, -0.2) is 0 Å². The molecule has 2 amide bonds. The van der Waals surface area contributed by atoms with E-state index in [1.165, 1.54) is 0 Å². The second-order valence-corrected chi connectivity index (χ2v) is 10.4. The Hall–Kier alpha value is -4.52. The third kappa shape index (κ3) is 8.01. The molecule has 0 N–H and O–H groups in total. The molecule has 0 bridgehead atoms. The summed E-state index contributed by atoms with van der Waals surface area (Å²) in [6.45, 7) is 5.29. The van der Waals surface area contributed by atoms with E-state index in [0.29, 0.717) is 48.9 Å². The van der Waals surface area contributed by atoms with Crippen LogP contribution in [0.3, 0.4) is 0 Å².